The second kappa shape index (κ2) is 4.94. The van der Waals surface area contributed by atoms with Crippen LogP contribution in [0.5, 0.6) is 5.75 Å². The molecule has 4 nitrogen and oxygen atoms in total. The van der Waals surface area contributed by atoms with Crippen LogP contribution in [0.4, 0.5) is 5.13 Å². The average Bonchev–Trinajstić information content (AvgIpc) is 3.10. The minimum atomic E-state index is -0.346. The maximum Gasteiger partial charge on any atom is 0.261 e. The quantitative estimate of drug-likeness (QED) is 0.895. The number of halogens is 1. The molecule has 1 aliphatic carbocycles. The maximum absolute atomic E-state index is 12.0. The predicted octanol–water partition coefficient (Wildman–Crippen LogP) is 3.74. The van der Waals surface area contributed by atoms with Gasteiger partial charge in [-0.05, 0) is 31.0 Å². The van der Waals surface area contributed by atoms with Crippen molar-refractivity contribution in [1.82, 2.24) is 4.98 Å². The molecule has 0 radical (unpaired) electrons. The van der Waals surface area contributed by atoms with Gasteiger partial charge in [0.1, 0.15) is 5.75 Å². The number of hydrogen-bond acceptors (Lipinski definition) is 4. The number of phenols is 1. The number of rotatable bonds is 3. The molecule has 0 spiro atoms. The second-order valence-electron chi connectivity index (χ2n) is 4.47. The Hall–Kier alpha value is -1.40. The Balaban J connectivity index is 1.76. The highest BCUT2D eigenvalue weighted by Crippen LogP contribution is 2.41. The number of benzene rings is 1. The van der Waals surface area contributed by atoms with E-state index in [1.165, 1.54) is 30.2 Å². The molecule has 0 saturated heterocycles. The van der Waals surface area contributed by atoms with Crippen LogP contribution in [0.1, 0.15) is 34.8 Å². The lowest BCUT2D eigenvalue weighted by Gasteiger charge is -2.04. The van der Waals surface area contributed by atoms with E-state index >= 15 is 0 Å². The van der Waals surface area contributed by atoms with E-state index in [4.69, 9.17) is 0 Å². The fourth-order valence-corrected chi connectivity index (χ4v) is 2.91. The first-order chi connectivity index (χ1) is 9.13. The van der Waals surface area contributed by atoms with Crippen molar-refractivity contribution in [3.05, 3.63) is 39.3 Å². The number of aromatic hydroxyl groups is 1. The minimum Gasteiger partial charge on any atom is -0.507 e. The highest BCUT2D eigenvalue weighted by Gasteiger charge is 2.26. The number of phenolic OH excluding ortho intramolecular Hbond substituents is 1. The summed E-state index contributed by atoms with van der Waals surface area (Å²) in [7, 11) is 0. The molecule has 1 aliphatic rings. The summed E-state index contributed by atoms with van der Waals surface area (Å²) in [6.07, 6.45) is 2.37. The molecule has 0 aliphatic heterocycles. The number of thiazole rings is 1. The van der Waals surface area contributed by atoms with Gasteiger partial charge in [-0.15, -0.1) is 11.3 Å². The lowest BCUT2D eigenvalue weighted by Crippen LogP contribution is -2.11. The number of carbonyl (C=O) groups excluding carboxylic acids is 1. The van der Waals surface area contributed by atoms with E-state index < -0.39 is 0 Å². The minimum absolute atomic E-state index is 0.0501. The van der Waals surface area contributed by atoms with Gasteiger partial charge in [-0.3, -0.25) is 10.1 Å². The van der Waals surface area contributed by atoms with Crippen molar-refractivity contribution >= 4 is 38.3 Å². The van der Waals surface area contributed by atoms with Gasteiger partial charge >= 0.3 is 0 Å². The molecule has 2 N–H and O–H groups in total. The zero-order valence-corrected chi connectivity index (χ0v) is 12.3. The lowest BCUT2D eigenvalue weighted by atomic mass is 10.2. The van der Waals surface area contributed by atoms with E-state index in [2.05, 4.69) is 26.2 Å². The molecule has 98 valence electrons. The van der Waals surface area contributed by atoms with Crippen LogP contribution in [-0.2, 0) is 0 Å². The molecule has 0 bridgehead atoms. The monoisotopic (exact) mass is 338 g/mol. The van der Waals surface area contributed by atoms with Crippen molar-refractivity contribution in [2.24, 2.45) is 0 Å². The summed E-state index contributed by atoms with van der Waals surface area (Å²) in [5.74, 6) is 0.176. The summed E-state index contributed by atoms with van der Waals surface area (Å²) in [5.41, 5.74) is 1.30. The molecule has 1 aromatic heterocycles. The largest absolute Gasteiger partial charge is 0.507 e. The Kier molecular flexibility index (Phi) is 3.28. The standard InChI is InChI=1S/C13H11BrN2O2S/c14-8-3-4-9(11(17)5-8)12(18)16-13-15-10(6-19-13)7-1-2-7/h3-7,17H,1-2H2,(H,15,16,18). The molecule has 2 aromatic rings. The lowest BCUT2D eigenvalue weighted by molar-refractivity contribution is 0.102. The molecule has 19 heavy (non-hydrogen) atoms. The number of amides is 1. The predicted molar refractivity (Wildman–Crippen MR) is 77.8 cm³/mol. The molecule has 6 heteroatoms. The van der Waals surface area contributed by atoms with Crippen LogP contribution in [0.15, 0.2) is 28.1 Å². The average molecular weight is 339 g/mol. The van der Waals surface area contributed by atoms with Crippen LogP contribution < -0.4 is 5.32 Å². The molecule has 0 unspecified atom stereocenters. The maximum atomic E-state index is 12.0. The number of nitrogens with one attached hydrogen (secondary N) is 1. The Morgan fingerprint density at radius 1 is 1.47 bits per heavy atom. The third-order valence-electron chi connectivity index (χ3n) is 2.94. The van der Waals surface area contributed by atoms with E-state index in [1.807, 2.05) is 5.38 Å². The number of hydrogen-bond donors (Lipinski definition) is 2. The van der Waals surface area contributed by atoms with E-state index in [1.54, 1.807) is 12.1 Å². The van der Waals surface area contributed by atoms with Crippen LogP contribution in [0.25, 0.3) is 0 Å². The van der Waals surface area contributed by atoms with Gasteiger partial charge in [-0.2, -0.15) is 0 Å². The molecule has 1 heterocycles. The fraction of sp³-hybridized carbons (Fsp3) is 0.231. The molecule has 0 atom stereocenters. The van der Waals surface area contributed by atoms with Crippen LogP contribution in [-0.4, -0.2) is 16.0 Å². The van der Waals surface area contributed by atoms with Gasteiger partial charge in [-0.1, -0.05) is 15.9 Å². The van der Waals surface area contributed by atoms with Gasteiger partial charge < -0.3 is 5.11 Å². The topological polar surface area (TPSA) is 62.2 Å². The van der Waals surface area contributed by atoms with Crippen LogP contribution in [0.3, 0.4) is 0 Å². The third-order valence-corrected chi connectivity index (χ3v) is 4.21. The highest BCUT2D eigenvalue weighted by molar-refractivity contribution is 9.10. The van der Waals surface area contributed by atoms with Gasteiger partial charge in [0.25, 0.3) is 5.91 Å². The van der Waals surface area contributed by atoms with E-state index in [0.717, 1.165) is 10.2 Å². The normalized spacial score (nSPS) is 14.4. The van der Waals surface area contributed by atoms with Gasteiger partial charge in [0.05, 0.1) is 11.3 Å². The molecule has 1 saturated carbocycles. The van der Waals surface area contributed by atoms with Crippen molar-refractivity contribution in [2.75, 3.05) is 5.32 Å². The van der Waals surface area contributed by atoms with Gasteiger partial charge in [0.15, 0.2) is 5.13 Å². The summed E-state index contributed by atoms with van der Waals surface area (Å²) < 4.78 is 0.729. The molecule has 1 amide bonds. The van der Waals surface area contributed by atoms with Crippen LogP contribution in [0.2, 0.25) is 0 Å². The number of anilines is 1. The summed E-state index contributed by atoms with van der Waals surface area (Å²) in [5, 5.41) is 15.0. The SMILES string of the molecule is O=C(Nc1nc(C2CC2)cs1)c1ccc(Br)cc1O. The number of carbonyl (C=O) groups is 1. The summed E-state index contributed by atoms with van der Waals surface area (Å²) >= 11 is 4.65. The Morgan fingerprint density at radius 3 is 2.95 bits per heavy atom. The zero-order valence-electron chi connectivity index (χ0n) is 9.89. The van der Waals surface area contributed by atoms with E-state index in [9.17, 15) is 9.90 Å². The Morgan fingerprint density at radius 2 is 2.26 bits per heavy atom. The van der Waals surface area contributed by atoms with Crippen molar-refractivity contribution in [3.8, 4) is 5.75 Å². The molecular weight excluding hydrogens is 328 g/mol. The molecular formula is C13H11BrN2O2S. The summed E-state index contributed by atoms with van der Waals surface area (Å²) in [4.78, 5) is 16.4. The molecule has 1 aromatic carbocycles. The Bertz CT molecular complexity index is 637. The van der Waals surface area contributed by atoms with Gasteiger partial charge in [0.2, 0.25) is 0 Å². The molecule has 1 fully saturated rings. The second-order valence-corrected chi connectivity index (χ2v) is 6.24. The smallest absolute Gasteiger partial charge is 0.261 e. The van der Waals surface area contributed by atoms with Crippen LogP contribution >= 0.6 is 27.3 Å². The van der Waals surface area contributed by atoms with Crippen molar-refractivity contribution < 1.29 is 9.90 Å². The van der Waals surface area contributed by atoms with Crippen molar-refractivity contribution in [1.29, 1.82) is 0 Å². The third kappa shape index (κ3) is 2.79. The zero-order chi connectivity index (χ0) is 13.4. The first-order valence-electron chi connectivity index (χ1n) is 5.89. The highest BCUT2D eigenvalue weighted by atomic mass is 79.9. The summed E-state index contributed by atoms with van der Waals surface area (Å²) in [6.45, 7) is 0. The number of aromatic nitrogens is 1. The van der Waals surface area contributed by atoms with Gasteiger partial charge in [-0.25, -0.2) is 4.98 Å². The van der Waals surface area contributed by atoms with Gasteiger partial charge in [0, 0.05) is 15.8 Å². The summed E-state index contributed by atoms with van der Waals surface area (Å²) in [6, 6.07) is 4.78. The first-order valence-corrected chi connectivity index (χ1v) is 7.56. The van der Waals surface area contributed by atoms with E-state index in [-0.39, 0.29) is 17.2 Å². The molecule has 3 rings (SSSR count). The van der Waals surface area contributed by atoms with Crippen LogP contribution in [0, 0.1) is 0 Å². The van der Waals surface area contributed by atoms with Crippen molar-refractivity contribution in [2.45, 2.75) is 18.8 Å². The van der Waals surface area contributed by atoms with E-state index in [0.29, 0.717) is 11.0 Å². The first kappa shape index (κ1) is 12.6. The Labute approximate surface area is 122 Å². The van der Waals surface area contributed by atoms with Crippen molar-refractivity contribution in [3.63, 3.8) is 0 Å². The number of nitrogens with zero attached hydrogens (tertiary/aromatic N) is 1. The fourth-order valence-electron chi connectivity index (χ4n) is 1.77.